The fourth-order valence-corrected chi connectivity index (χ4v) is 3.57. The Balaban J connectivity index is 1.75. The van der Waals surface area contributed by atoms with Crippen molar-refractivity contribution >= 4 is 0 Å². The SMILES string of the molecule is COCCN1CCN(C[C@H]2CCCC(F)(F)C2)C[C@H]1C. The van der Waals surface area contributed by atoms with Gasteiger partial charge in [0.05, 0.1) is 6.61 Å². The molecule has 1 aliphatic heterocycles. The molecule has 2 rings (SSSR count). The van der Waals surface area contributed by atoms with Crippen LogP contribution in [0.2, 0.25) is 0 Å². The van der Waals surface area contributed by atoms with Gasteiger partial charge >= 0.3 is 0 Å². The predicted molar refractivity (Wildman–Crippen MR) is 76.3 cm³/mol. The van der Waals surface area contributed by atoms with Crippen LogP contribution in [-0.4, -0.2) is 68.2 Å². The van der Waals surface area contributed by atoms with E-state index in [1.165, 1.54) is 0 Å². The largest absolute Gasteiger partial charge is 0.383 e. The molecule has 0 aromatic carbocycles. The van der Waals surface area contributed by atoms with Crippen LogP contribution in [0.15, 0.2) is 0 Å². The Morgan fingerprint density at radius 3 is 2.75 bits per heavy atom. The van der Waals surface area contributed by atoms with E-state index in [4.69, 9.17) is 4.74 Å². The molecule has 0 spiro atoms. The smallest absolute Gasteiger partial charge is 0.248 e. The van der Waals surface area contributed by atoms with E-state index in [0.717, 1.165) is 45.8 Å². The summed E-state index contributed by atoms with van der Waals surface area (Å²) in [6, 6.07) is 0.489. The molecule has 0 radical (unpaired) electrons. The lowest BCUT2D eigenvalue weighted by molar-refractivity contribution is -0.0599. The molecular formula is C15H28F2N2O. The Hall–Kier alpha value is -0.260. The third-order valence-corrected chi connectivity index (χ3v) is 4.69. The average molecular weight is 290 g/mol. The number of methoxy groups -OCH3 is 1. The van der Waals surface area contributed by atoms with Crippen molar-refractivity contribution in [3.63, 3.8) is 0 Å². The Bertz CT molecular complexity index is 302. The van der Waals surface area contributed by atoms with Crippen LogP contribution in [0.3, 0.4) is 0 Å². The van der Waals surface area contributed by atoms with Gasteiger partial charge in [-0.25, -0.2) is 8.78 Å². The molecule has 2 aliphatic rings. The van der Waals surface area contributed by atoms with Gasteiger partial charge in [-0.2, -0.15) is 0 Å². The summed E-state index contributed by atoms with van der Waals surface area (Å²) >= 11 is 0. The minimum absolute atomic E-state index is 0.0880. The second kappa shape index (κ2) is 7.14. The average Bonchev–Trinajstić information content (AvgIpc) is 2.36. The Kier molecular flexibility index (Phi) is 5.75. The molecule has 0 aromatic rings. The molecule has 0 aromatic heterocycles. The van der Waals surface area contributed by atoms with E-state index in [-0.39, 0.29) is 18.8 Å². The molecule has 5 heteroatoms. The molecule has 2 fully saturated rings. The summed E-state index contributed by atoms with van der Waals surface area (Å²) in [5, 5.41) is 0. The van der Waals surface area contributed by atoms with Crippen LogP contribution in [0.4, 0.5) is 8.78 Å². The fraction of sp³-hybridized carbons (Fsp3) is 1.00. The van der Waals surface area contributed by atoms with Gasteiger partial charge in [0.25, 0.3) is 0 Å². The summed E-state index contributed by atoms with van der Waals surface area (Å²) in [5.74, 6) is -2.24. The van der Waals surface area contributed by atoms with Crippen molar-refractivity contribution < 1.29 is 13.5 Å². The van der Waals surface area contributed by atoms with Crippen LogP contribution in [0.5, 0.6) is 0 Å². The normalized spacial score (nSPS) is 32.4. The van der Waals surface area contributed by atoms with Crippen LogP contribution in [0.1, 0.15) is 32.6 Å². The molecule has 0 amide bonds. The Labute approximate surface area is 121 Å². The Morgan fingerprint density at radius 1 is 1.30 bits per heavy atom. The number of rotatable bonds is 5. The molecule has 0 N–H and O–H groups in total. The summed E-state index contributed by atoms with van der Waals surface area (Å²) in [5.41, 5.74) is 0. The molecule has 1 heterocycles. The summed E-state index contributed by atoms with van der Waals surface area (Å²) in [6.45, 7) is 7.80. The van der Waals surface area contributed by atoms with Crippen LogP contribution in [0.25, 0.3) is 0 Å². The summed E-state index contributed by atoms with van der Waals surface area (Å²) in [6.07, 6.45) is 1.82. The van der Waals surface area contributed by atoms with Crippen molar-refractivity contribution in [1.29, 1.82) is 0 Å². The first kappa shape index (κ1) is 16.1. The van der Waals surface area contributed by atoms with E-state index in [1.807, 2.05) is 0 Å². The molecule has 2 atom stereocenters. The lowest BCUT2D eigenvalue weighted by Crippen LogP contribution is -2.53. The highest BCUT2D eigenvalue weighted by Crippen LogP contribution is 2.37. The number of hydrogen-bond donors (Lipinski definition) is 0. The predicted octanol–water partition coefficient (Wildman–Crippen LogP) is 2.46. The van der Waals surface area contributed by atoms with E-state index in [0.29, 0.717) is 12.5 Å². The first-order valence-electron chi connectivity index (χ1n) is 7.83. The molecule has 1 saturated heterocycles. The van der Waals surface area contributed by atoms with Crippen LogP contribution in [0, 0.1) is 5.92 Å². The standard InChI is InChI=1S/C15H28F2N2O/c1-13-11-18(6-7-19(13)8-9-20-2)12-14-4-3-5-15(16,17)10-14/h13-14H,3-12H2,1-2H3/t13-,14+/m1/s1. The monoisotopic (exact) mass is 290 g/mol. The molecule has 0 unspecified atom stereocenters. The van der Waals surface area contributed by atoms with Crippen molar-refractivity contribution in [3.8, 4) is 0 Å². The molecule has 1 aliphatic carbocycles. The first-order chi connectivity index (χ1) is 9.50. The van der Waals surface area contributed by atoms with Crippen molar-refractivity contribution in [2.45, 2.75) is 44.6 Å². The number of alkyl halides is 2. The quantitative estimate of drug-likeness (QED) is 0.773. The molecular weight excluding hydrogens is 262 g/mol. The lowest BCUT2D eigenvalue weighted by Gasteiger charge is -2.42. The Morgan fingerprint density at radius 2 is 2.10 bits per heavy atom. The number of halogens is 2. The summed E-state index contributed by atoms with van der Waals surface area (Å²) < 4.78 is 32.0. The van der Waals surface area contributed by atoms with E-state index in [2.05, 4.69) is 16.7 Å². The molecule has 0 bridgehead atoms. The van der Waals surface area contributed by atoms with Gasteiger partial charge in [-0.05, 0) is 25.7 Å². The van der Waals surface area contributed by atoms with Gasteiger partial charge in [-0.15, -0.1) is 0 Å². The third kappa shape index (κ3) is 4.64. The minimum atomic E-state index is -2.42. The zero-order chi connectivity index (χ0) is 14.6. The van der Waals surface area contributed by atoms with Crippen molar-refractivity contribution in [3.05, 3.63) is 0 Å². The highest BCUT2D eigenvalue weighted by Gasteiger charge is 2.37. The molecule has 3 nitrogen and oxygen atoms in total. The topological polar surface area (TPSA) is 15.7 Å². The highest BCUT2D eigenvalue weighted by molar-refractivity contribution is 4.84. The number of nitrogens with zero attached hydrogens (tertiary/aromatic N) is 2. The van der Waals surface area contributed by atoms with Gasteiger partial charge in [0.2, 0.25) is 5.92 Å². The van der Waals surface area contributed by atoms with Gasteiger partial charge in [0.1, 0.15) is 0 Å². The third-order valence-electron chi connectivity index (χ3n) is 4.69. The number of piperazine rings is 1. The van der Waals surface area contributed by atoms with Gasteiger partial charge in [-0.3, -0.25) is 4.90 Å². The van der Waals surface area contributed by atoms with Crippen molar-refractivity contribution in [1.82, 2.24) is 9.80 Å². The zero-order valence-electron chi connectivity index (χ0n) is 12.8. The van der Waals surface area contributed by atoms with Crippen LogP contribution < -0.4 is 0 Å². The van der Waals surface area contributed by atoms with Crippen LogP contribution in [-0.2, 0) is 4.74 Å². The van der Waals surface area contributed by atoms with E-state index in [1.54, 1.807) is 7.11 Å². The number of ether oxygens (including phenoxy) is 1. The van der Waals surface area contributed by atoms with E-state index in [9.17, 15) is 8.78 Å². The van der Waals surface area contributed by atoms with Gasteiger partial charge in [0.15, 0.2) is 0 Å². The summed E-state index contributed by atoms with van der Waals surface area (Å²) in [4.78, 5) is 4.80. The highest BCUT2D eigenvalue weighted by atomic mass is 19.3. The second-order valence-corrected chi connectivity index (χ2v) is 6.46. The maximum atomic E-state index is 13.4. The fourth-order valence-electron chi connectivity index (χ4n) is 3.57. The van der Waals surface area contributed by atoms with E-state index >= 15 is 0 Å². The molecule has 20 heavy (non-hydrogen) atoms. The zero-order valence-corrected chi connectivity index (χ0v) is 12.8. The van der Waals surface area contributed by atoms with Crippen molar-refractivity contribution in [2.24, 2.45) is 5.92 Å². The van der Waals surface area contributed by atoms with Gasteiger partial charge in [0, 0.05) is 58.7 Å². The minimum Gasteiger partial charge on any atom is -0.383 e. The lowest BCUT2D eigenvalue weighted by atomic mass is 9.86. The number of hydrogen-bond acceptors (Lipinski definition) is 3. The molecule has 118 valence electrons. The van der Waals surface area contributed by atoms with Gasteiger partial charge < -0.3 is 9.64 Å². The molecule has 1 saturated carbocycles. The van der Waals surface area contributed by atoms with E-state index < -0.39 is 5.92 Å². The van der Waals surface area contributed by atoms with Crippen LogP contribution >= 0.6 is 0 Å². The second-order valence-electron chi connectivity index (χ2n) is 6.46. The first-order valence-corrected chi connectivity index (χ1v) is 7.83. The maximum absolute atomic E-state index is 13.4. The maximum Gasteiger partial charge on any atom is 0.248 e. The van der Waals surface area contributed by atoms with Gasteiger partial charge in [-0.1, -0.05) is 0 Å². The van der Waals surface area contributed by atoms with Crippen molar-refractivity contribution in [2.75, 3.05) is 46.4 Å². The summed E-state index contributed by atoms with van der Waals surface area (Å²) in [7, 11) is 1.73.